The van der Waals surface area contributed by atoms with Crippen LogP contribution in [0.5, 0.6) is 5.88 Å². The van der Waals surface area contributed by atoms with Crippen LogP contribution >= 0.6 is 0 Å². The topological polar surface area (TPSA) is 99.4 Å². The average molecular weight is 396 g/mol. The summed E-state index contributed by atoms with van der Waals surface area (Å²) in [5.74, 6) is 1.39. The number of aromatic nitrogens is 3. The molecule has 1 aliphatic heterocycles. The minimum Gasteiger partial charge on any atom is -0.480 e. The molecule has 1 saturated heterocycles. The highest BCUT2D eigenvalue weighted by Gasteiger charge is 2.30. The number of amides is 1. The number of aryl methyl sites for hydroxylation is 2. The van der Waals surface area contributed by atoms with Crippen molar-refractivity contribution in [3.63, 3.8) is 0 Å². The van der Waals surface area contributed by atoms with Gasteiger partial charge < -0.3 is 19.3 Å². The van der Waals surface area contributed by atoms with Crippen molar-refractivity contribution in [3.8, 4) is 5.88 Å². The molecule has 29 heavy (non-hydrogen) atoms. The summed E-state index contributed by atoms with van der Waals surface area (Å²) < 4.78 is 16.2. The average Bonchev–Trinajstić information content (AvgIpc) is 3.34. The normalized spacial score (nSPS) is 18.8. The van der Waals surface area contributed by atoms with E-state index in [0.29, 0.717) is 44.1 Å². The Morgan fingerprint density at radius 3 is 2.76 bits per heavy atom. The van der Waals surface area contributed by atoms with Gasteiger partial charge in [0, 0.05) is 31.2 Å². The number of rotatable bonds is 7. The molecule has 0 spiro atoms. The Bertz CT molecular complexity index is 1000. The highest BCUT2D eigenvalue weighted by atomic mass is 16.5. The van der Waals surface area contributed by atoms with Gasteiger partial charge in [0.2, 0.25) is 11.8 Å². The van der Waals surface area contributed by atoms with Crippen molar-refractivity contribution >= 4 is 16.9 Å². The van der Waals surface area contributed by atoms with Gasteiger partial charge in [0.25, 0.3) is 0 Å². The number of fused-ring (bicyclic) bond motifs is 1. The fraction of sp³-hybridized carbons (Fsp3) is 0.429. The summed E-state index contributed by atoms with van der Waals surface area (Å²) >= 11 is 0. The first-order valence-corrected chi connectivity index (χ1v) is 9.71. The number of hydrogen-bond donors (Lipinski definition) is 1. The van der Waals surface area contributed by atoms with Crippen LogP contribution < -0.4 is 10.1 Å². The van der Waals surface area contributed by atoms with Gasteiger partial charge >= 0.3 is 0 Å². The minimum atomic E-state index is -0.0451. The number of nitrogens with zero attached hydrogens (tertiary/aromatic N) is 3. The summed E-state index contributed by atoms with van der Waals surface area (Å²) in [6.45, 7) is 2.98. The molecule has 2 aromatic heterocycles. The molecule has 0 radical (unpaired) electrons. The van der Waals surface area contributed by atoms with Crippen LogP contribution in [-0.4, -0.2) is 47.4 Å². The molecule has 1 fully saturated rings. The molecule has 3 heterocycles. The number of hydrogen-bond acceptors (Lipinski definition) is 7. The van der Waals surface area contributed by atoms with Crippen LogP contribution in [0.25, 0.3) is 11.0 Å². The number of ether oxygens (including phenoxy) is 2. The maximum Gasteiger partial charge on any atom is 0.235 e. The number of methoxy groups -OCH3 is 1. The van der Waals surface area contributed by atoms with Gasteiger partial charge in [-0.1, -0.05) is 17.3 Å². The molecule has 0 aliphatic carbocycles. The van der Waals surface area contributed by atoms with E-state index in [4.69, 9.17) is 14.0 Å². The van der Waals surface area contributed by atoms with Gasteiger partial charge in [-0.05, 0) is 19.1 Å². The van der Waals surface area contributed by atoms with Gasteiger partial charge in [-0.15, -0.1) is 0 Å². The summed E-state index contributed by atoms with van der Waals surface area (Å²) in [6.07, 6.45) is 1.44. The molecule has 2 unspecified atom stereocenters. The number of para-hydroxylation sites is 2. The van der Waals surface area contributed by atoms with E-state index in [-0.39, 0.29) is 17.9 Å². The van der Waals surface area contributed by atoms with E-state index in [0.717, 1.165) is 22.5 Å². The van der Waals surface area contributed by atoms with E-state index in [1.807, 2.05) is 37.3 Å². The molecule has 0 saturated carbocycles. The molecular weight excluding hydrogens is 372 g/mol. The van der Waals surface area contributed by atoms with Gasteiger partial charge in [-0.3, -0.25) is 4.79 Å². The predicted molar refractivity (Wildman–Crippen MR) is 106 cm³/mol. The SMILES string of the molecule is COc1nc2ccccc2nc1CCC(=O)NC1COCC1Cc1cc(C)no1. The van der Waals surface area contributed by atoms with E-state index >= 15 is 0 Å². The molecule has 3 aromatic rings. The van der Waals surface area contributed by atoms with Crippen LogP contribution in [-0.2, 0) is 22.4 Å². The molecule has 8 heteroatoms. The quantitative estimate of drug-likeness (QED) is 0.654. The smallest absolute Gasteiger partial charge is 0.235 e. The lowest BCUT2D eigenvalue weighted by Gasteiger charge is -2.18. The molecular formula is C21H24N4O4. The van der Waals surface area contributed by atoms with Crippen LogP contribution in [0, 0.1) is 12.8 Å². The third-order valence-corrected chi connectivity index (χ3v) is 5.07. The zero-order valence-electron chi connectivity index (χ0n) is 16.6. The second-order valence-electron chi connectivity index (χ2n) is 7.28. The maximum atomic E-state index is 12.5. The second-order valence-corrected chi connectivity index (χ2v) is 7.28. The number of nitrogens with one attached hydrogen (secondary N) is 1. The van der Waals surface area contributed by atoms with Gasteiger partial charge in [0.1, 0.15) is 11.5 Å². The first-order chi connectivity index (χ1) is 14.1. The summed E-state index contributed by atoms with van der Waals surface area (Å²) in [6, 6.07) is 9.48. The van der Waals surface area contributed by atoms with Crippen LogP contribution in [0.4, 0.5) is 0 Å². The van der Waals surface area contributed by atoms with Crippen LogP contribution in [0.2, 0.25) is 0 Å². The zero-order chi connectivity index (χ0) is 20.2. The van der Waals surface area contributed by atoms with Crippen molar-refractivity contribution in [2.75, 3.05) is 20.3 Å². The Kier molecular flexibility index (Phi) is 5.71. The number of carbonyl (C=O) groups excluding carboxylic acids is 1. The third kappa shape index (κ3) is 4.54. The monoisotopic (exact) mass is 396 g/mol. The molecule has 8 nitrogen and oxygen atoms in total. The zero-order valence-corrected chi connectivity index (χ0v) is 16.6. The van der Waals surface area contributed by atoms with E-state index < -0.39 is 0 Å². The lowest BCUT2D eigenvalue weighted by atomic mass is 9.98. The fourth-order valence-electron chi connectivity index (χ4n) is 3.59. The van der Waals surface area contributed by atoms with Crippen molar-refractivity contribution in [1.29, 1.82) is 0 Å². The van der Waals surface area contributed by atoms with Gasteiger partial charge in [-0.25, -0.2) is 9.97 Å². The molecule has 2 atom stereocenters. The van der Waals surface area contributed by atoms with Gasteiger partial charge in [0.05, 0.1) is 43.1 Å². The summed E-state index contributed by atoms with van der Waals surface area (Å²) in [5, 5.41) is 7.00. The van der Waals surface area contributed by atoms with Crippen molar-refractivity contribution < 1.29 is 18.8 Å². The Hall–Kier alpha value is -3.00. The van der Waals surface area contributed by atoms with Crippen LogP contribution in [0.1, 0.15) is 23.6 Å². The fourth-order valence-corrected chi connectivity index (χ4v) is 3.59. The second kappa shape index (κ2) is 8.57. The van der Waals surface area contributed by atoms with Crippen molar-refractivity contribution in [2.45, 2.75) is 32.2 Å². The van der Waals surface area contributed by atoms with Crippen LogP contribution in [0.3, 0.4) is 0 Å². The first-order valence-electron chi connectivity index (χ1n) is 9.71. The highest BCUT2D eigenvalue weighted by molar-refractivity contribution is 5.77. The van der Waals surface area contributed by atoms with E-state index in [1.165, 1.54) is 0 Å². The lowest BCUT2D eigenvalue weighted by molar-refractivity contribution is -0.122. The Morgan fingerprint density at radius 2 is 2.03 bits per heavy atom. The number of benzene rings is 1. The van der Waals surface area contributed by atoms with E-state index in [1.54, 1.807) is 7.11 Å². The molecule has 1 N–H and O–H groups in total. The molecule has 4 rings (SSSR count). The summed E-state index contributed by atoms with van der Waals surface area (Å²) in [4.78, 5) is 21.6. The predicted octanol–water partition coefficient (Wildman–Crippen LogP) is 2.24. The van der Waals surface area contributed by atoms with Gasteiger partial charge in [0.15, 0.2) is 0 Å². The highest BCUT2D eigenvalue weighted by Crippen LogP contribution is 2.22. The van der Waals surface area contributed by atoms with Crippen molar-refractivity contribution in [2.24, 2.45) is 5.92 Å². The minimum absolute atomic E-state index is 0.0440. The third-order valence-electron chi connectivity index (χ3n) is 5.07. The van der Waals surface area contributed by atoms with Gasteiger partial charge in [-0.2, -0.15) is 0 Å². The number of carbonyl (C=O) groups is 1. The standard InChI is InChI=1S/C21H24N4O4/c1-13-9-15(29-25-13)10-14-11-28-12-19(14)23-20(26)8-7-18-21(27-2)24-17-6-4-3-5-16(17)22-18/h3-6,9,14,19H,7-8,10-12H2,1-2H3,(H,23,26). The lowest BCUT2D eigenvalue weighted by Crippen LogP contribution is -2.40. The molecule has 0 bridgehead atoms. The molecule has 1 aliphatic rings. The first kappa shape index (κ1) is 19.3. The molecule has 152 valence electrons. The van der Waals surface area contributed by atoms with Crippen molar-refractivity contribution in [3.05, 3.63) is 47.5 Å². The van der Waals surface area contributed by atoms with E-state index in [9.17, 15) is 4.79 Å². The largest absolute Gasteiger partial charge is 0.480 e. The molecule has 1 aromatic carbocycles. The Labute approximate surface area is 168 Å². The summed E-state index contributed by atoms with van der Waals surface area (Å²) in [7, 11) is 1.56. The maximum absolute atomic E-state index is 12.5. The Morgan fingerprint density at radius 1 is 1.24 bits per heavy atom. The van der Waals surface area contributed by atoms with Crippen LogP contribution in [0.15, 0.2) is 34.9 Å². The summed E-state index contributed by atoms with van der Waals surface area (Å²) in [5.41, 5.74) is 3.09. The Balaban J connectivity index is 1.36. The van der Waals surface area contributed by atoms with Crippen molar-refractivity contribution in [1.82, 2.24) is 20.4 Å². The van der Waals surface area contributed by atoms with E-state index in [2.05, 4.69) is 20.4 Å². The molecule has 1 amide bonds.